The highest BCUT2D eigenvalue weighted by atomic mass is 32.2. The molecule has 11 nitrogen and oxygen atoms in total. The van der Waals surface area contributed by atoms with Gasteiger partial charge in [0.15, 0.2) is 0 Å². The minimum atomic E-state index is -3.83. The molecule has 2 aromatic carbocycles. The molecule has 194 valence electrons. The average molecular weight is 524 g/mol. The van der Waals surface area contributed by atoms with Crippen LogP contribution in [0.25, 0.3) is 22.3 Å². The van der Waals surface area contributed by atoms with Crippen molar-refractivity contribution in [2.24, 2.45) is 0 Å². The maximum atomic E-state index is 13.5. The number of benzene rings is 2. The summed E-state index contributed by atoms with van der Waals surface area (Å²) >= 11 is 0. The second-order valence-corrected chi connectivity index (χ2v) is 10.0. The third-order valence-electron chi connectivity index (χ3n) is 5.63. The van der Waals surface area contributed by atoms with E-state index < -0.39 is 47.1 Å². The van der Waals surface area contributed by atoms with Gasteiger partial charge in [0, 0.05) is 43.2 Å². The van der Waals surface area contributed by atoms with Crippen molar-refractivity contribution < 1.29 is 42.1 Å². The summed E-state index contributed by atoms with van der Waals surface area (Å²) in [4.78, 5) is 25.1. The Morgan fingerprint density at radius 2 is 1.83 bits per heavy atom. The Kier molecular flexibility index (Phi) is 7.86. The van der Waals surface area contributed by atoms with E-state index in [1.54, 1.807) is 0 Å². The second-order valence-electron chi connectivity index (χ2n) is 8.00. The minimum Gasteiger partial charge on any atom is -0.465 e. The highest BCUT2D eigenvalue weighted by Gasteiger charge is 2.28. The lowest BCUT2D eigenvalue weighted by Gasteiger charge is -2.26. The Morgan fingerprint density at radius 1 is 1.19 bits per heavy atom. The summed E-state index contributed by atoms with van der Waals surface area (Å²) in [6, 6.07) is 7.89. The fourth-order valence-corrected chi connectivity index (χ4v) is 4.23. The predicted octanol–water partition coefficient (Wildman–Crippen LogP) is 2.00. The molecule has 13 heteroatoms. The van der Waals surface area contributed by atoms with Gasteiger partial charge in [-0.1, -0.05) is 0 Å². The third kappa shape index (κ3) is 5.42. The molecule has 3 rings (SSSR count). The number of carboxylic acid groups (broad SMARTS) is 1. The number of aliphatic hydroxyl groups excluding tert-OH is 2. The number of fused-ring (bicyclic) bond motifs is 1. The van der Waals surface area contributed by atoms with Crippen LogP contribution in [0.5, 0.6) is 0 Å². The summed E-state index contributed by atoms with van der Waals surface area (Å²) in [6.45, 7) is -1.25. The van der Waals surface area contributed by atoms with Crippen molar-refractivity contribution in [2.45, 2.75) is 6.10 Å². The molecule has 1 atom stereocenters. The molecule has 1 aromatic heterocycles. The molecule has 1 heterocycles. The normalized spacial score (nSPS) is 12.4. The van der Waals surface area contributed by atoms with E-state index in [1.165, 1.54) is 50.5 Å². The number of hydrogen-bond acceptors (Lipinski definition) is 7. The van der Waals surface area contributed by atoms with Gasteiger partial charge < -0.3 is 30.0 Å². The van der Waals surface area contributed by atoms with Crippen LogP contribution in [-0.4, -0.2) is 80.7 Å². The van der Waals surface area contributed by atoms with E-state index in [-0.39, 0.29) is 40.1 Å². The summed E-state index contributed by atoms with van der Waals surface area (Å²) in [5, 5.41) is 32.2. The lowest BCUT2D eigenvalue weighted by molar-refractivity contribution is 0.0875. The van der Waals surface area contributed by atoms with Gasteiger partial charge >= 0.3 is 6.09 Å². The Labute approximate surface area is 206 Å². The van der Waals surface area contributed by atoms with E-state index in [0.717, 1.165) is 15.5 Å². The van der Waals surface area contributed by atoms with Gasteiger partial charge in [0.2, 0.25) is 10.0 Å². The molecule has 0 aliphatic carbocycles. The standard InChI is InChI=1S/C23H26FN3O8S/c1-25-22(30)20-16-10-15(18(29)12-27(8-9-28)23(31)32)17(26(2)36(3,33)34)11-19(16)35-21(20)13-4-6-14(24)7-5-13/h4-7,10-11,18,28-29H,8-9,12H2,1-3H3,(H,25,30)(H,31,32). The maximum absolute atomic E-state index is 13.5. The zero-order valence-corrected chi connectivity index (χ0v) is 20.5. The first-order valence-corrected chi connectivity index (χ1v) is 12.5. The Hall–Kier alpha value is -3.68. The maximum Gasteiger partial charge on any atom is 0.407 e. The highest BCUT2D eigenvalue weighted by Crippen LogP contribution is 2.39. The van der Waals surface area contributed by atoms with E-state index in [9.17, 15) is 32.6 Å². The van der Waals surface area contributed by atoms with E-state index >= 15 is 0 Å². The lowest BCUT2D eigenvalue weighted by Crippen LogP contribution is -2.36. The predicted molar refractivity (Wildman–Crippen MR) is 130 cm³/mol. The van der Waals surface area contributed by atoms with Crippen LogP contribution in [0.2, 0.25) is 0 Å². The van der Waals surface area contributed by atoms with Gasteiger partial charge in [0.1, 0.15) is 17.2 Å². The third-order valence-corrected chi connectivity index (χ3v) is 6.82. The summed E-state index contributed by atoms with van der Waals surface area (Å²) in [7, 11) is -1.18. The molecule has 0 spiro atoms. The second kappa shape index (κ2) is 10.5. The zero-order chi connectivity index (χ0) is 26.8. The highest BCUT2D eigenvalue weighted by molar-refractivity contribution is 7.92. The Balaban J connectivity index is 2.30. The van der Waals surface area contributed by atoms with Crippen LogP contribution < -0.4 is 9.62 Å². The molecule has 4 N–H and O–H groups in total. The molecular weight excluding hydrogens is 497 g/mol. The molecule has 1 unspecified atom stereocenters. The van der Waals surface area contributed by atoms with Gasteiger partial charge in [0.25, 0.3) is 5.91 Å². The SMILES string of the molecule is CNC(=O)c1c(-c2ccc(F)cc2)oc2cc(N(C)S(C)(=O)=O)c(C(O)CN(CCO)C(=O)O)cc12. The van der Waals surface area contributed by atoms with Crippen molar-refractivity contribution in [3.8, 4) is 11.3 Å². The quantitative estimate of drug-likeness (QED) is 0.331. The number of rotatable bonds is 9. The average Bonchev–Trinajstić information content (AvgIpc) is 3.20. The number of nitrogens with zero attached hydrogens (tertiary/aromatic N) is 2. The fourth-order valence-electron chi connectivity index (χ4n) is 3.71. The van der Waals surface area contributed by atoms with Crippen LogP contribution >= 0.6 is 0 Å². The molecule has 3 aromatic rings. The van der Waals surface area contributed by atoms with Crippen LogP contribution in [0.1, 0.15) is 22.0 Å². The zero-order valence-electron chi connectivity index (χ0n) is 19.7. The molecule has 0 fully saturated rings. The molecule has 0 saturated carbocycles. The van der Waals surface area contributed by atoms with E-state index in [4.69, 9.17) is 9.52 Å². The Bertz CT molecular complexity index is 1390. The van der Waals surface area contributed by atoms with Gasteiger partial charge in [0.05, 0.1) is 36.8 Å². The monoisotopic (exact) mass is 523 g/mol. The number of carbonyl (C=O) groups is 2. The van der Waals surface area contributed by atoms with Crippen LogP contribution in [0.15, 0.2) is 40.8 Å². The van der Waals surface area contributed by atoms with E-state index in [2.05, 4.69) is 5.32 Å². The van der Waals surface area contributed by atoms with Crippen molar-refractivity contribution in [3.05, 3.63) is 53.3 Å². The van der Waals surface area contributed by atoms with Gasteiger partial charge in [-0.3, -0.25) is 9.10 Å². The van der Waals surface area contributed by atoms with Crippen molar-refractivity contribution in [2.75, 3.05) is 44.4 Å². The number of nitrogens with one attached hydrogen (secondary N) is 1. The number of amides is 2. The van der Waals surface area contributed by atoms with Crippen LogP contribution in [0.4, 0.5) is 14.9 Å². The van der Waals surface area contributed by atoms with E-state index in [0.29, 0.717) is 5.56 Å². The smallest absolute Gasteiger partial charge is 0.407 e. The summed E-state index contributed by atoms with van der Waals surface area (Å²) in [5.74, 6) is -0.953. The largest absolute Gasteiger partial charge is 0.465 e. The molecule has 0 radical (unpaired) electrons. The number of halogens is 1. The van der Waals surface area contributed by atoms with Crippen molar-refractivity contribution in [1.29, 1.82) is 0 Å². The van der Waals surface area contributed by atoms with E-state index in [1.807, 2.05) is 0 Å². The first kappa shape index (κ1) is 26.9. The van der Waals surface area contributed by atoms with Gasteiger partial charge in [-0.05, 0) is 30.3 Å². The fraction of sp³-hybridized carbons (Fsp3) is 0.304. The van der Waals surface area contributed by atoms with Crippen molar-refractivity contribution >= 4 is 38.7 Å². The number of sulfonamides is 1. The molecule has 0 saturated heterocycles. The molecule has 0 aliphatic heterocycles. The molecule has 36 heavy (non-hydrogen) atoms. The lowest BCUT2D eigenvalue weighted by atomic mass is 9.99. The van der Waals surface area contributed by atoms with Crippen LogP contribution in [-0.2, 0) is 10.0 Å². The van der Waals surface area contributed by atoms with Gasteiger partial charge in [-0.25, -0.2) is 17.6 Å². The number of anilines is 1. The summed E-state index contributed by atoms with van der Waals surface area (Å²) in [5.41, 5.74) is 0.559. The summed E-state index contributed by atoms with van der Waals surface area (Å²) < 4.78 is 45.0. The number of hydrogen-bond donors (Lipinski definition) is 4. The molecular formula is C23H26FN3O8S. The number of furan rings is 1. The first-order chi connectivity index (χ1) is 16.9. The van der Waals surface area contributed by atoms with Gasteiger partial charge in [-0.2, -0.15) is 0 Å². The molecule has 0 bridgehead atoms. The summed E-state index contributed by atoms with van der Waals surface area (Å²) in [6.07, 6.45) is -1.97. The van der Waals surface area contributed by atoms with Crippen molar-refractivity contribution in [3.63, 3.8) is 0 Å². The van der Waals surface area contributed by atoms with Crippen molar-refractivity contribution in [1.82, 2.24) is 10.2 Å². The van der Waals surface area contributed by atoms with Crippen LogP contribution in [0, 0.1) is 5.82 Å². The topological polar surface area (TPSA) is 161 Å². The molecule has 2 amide bonds. The minimum absolute atomic E-state index is 0.00491. The van der Waals surface area contributed by atoms with Gasteiger partial charge in [-0.15, -0.1) is 0 Å². The molecule has 0 aliphatic rings. The number of carbonyl (C=O) groups excluding carboxylic acids is 1. The number of aliphatic hydroxyl groups is 2. The first-order valence-electron chi connectivity index (χ1n) is 10.7. The Morgan fingerprint density at radius 3 is 2.36 bits per heavy atom. The van der Waals surface area contributed by atoms with Crippen LogP contribution in [0.3, 0.4) is 0 Å².